The van der Waals surface area contributed by atoms with Gasteiger partial charge in [-0.1, -0.05) is 33.6 Å². The molecule has 0 unspecified atom stereocenters. The van der Waals surface area contributed by atoms with Crippen molar-refractivity contribution in [2.24, 2.45) is 0 Å². The van der Waals surface area contributed by atoms with Gasteiger partial charge in [0.1, 0.15) is 29.0 Å². The van der Waals surface area contributed by atoms with E-state index in [1.165, 1.54) is 16.9 Å². The van der Waals surface area contributed by atoms with E-state index in [2.05, 4.69) is 37.0 Å². The number of anilines is 3. The van der Waals surface area contributed by atoms with Crippen LogP contribution in [0.3, 0.4) is 0 Å². The number of ether oxygens (including phenoxy) is 1. The molecular formula is C29H25BrFN5O3. The van der Waals surface area contributed by atoms with Crippen molar-refractivity contribution in [1.82, 2.24) is 9.78 Å². The number of methoxy groups -OCH3 is 1. The van der Waals surface area contributed by atoms with E-state index in [4.69, 9.17) is 4.74 Å². The minimum Gasteiger partial charge on any atom is -0.497 e. The molecule has 0 aliphatic carbocycles. The van der Waals surface area contributed by atoms with Gasteiger partial charge >= 0.3 is 0 Å². The molecule has 8 nitrogen and oxygen atoms in total. The Hall–Kier alpha value is -4.44. The van der Waals surface area contributed by atoms with Crippen molar-refractivity contribution in [3.63, 3.8) is 0 Å². The largest absolute Gasteiger partial charge is 0.497 e. The Morgan fingerprint density at radius 1 is 0.974 bits per heavy atom. The molecule has 0 fully saturated rings. The van der Waals surface area contributed by atoms with Crippen molar-refractivity contribution < 1.29 is 18.7 Å². The van der Waals surface area contributed by atoms with Crippen LogP contribution >= 0.6 is 15.9 Å². The lowest BCUT2D eigenvalue weighted by molar-refractivity contribution is -0.113. The molecular weight excluding hydrogens is 565 g/mol. The number of amides is 2. The van der Waals surface area contributed by atoms with Crippen LogP contribution in [0, 0.1) is 12.7 Å². The van der Waals surface area contributed by atoms with Gasteiger partial charge in [-0.05, 0) is 68.4 Å². The molecule has 5 rings (SSSR count). The van der Waals surface area contributed by atoms with Crippen LogP contribution in [0.5, 0.6) is 5.75 Å². The number of halogens is 2. The number of carbonyl (C=O) groups is 2. The van der Waals surface area contributed by atoms with E-state index in [1.54, 1.807) is 50.4 Å². The van der Waals surface area contributed by atoms with E-state index in [9.17, 15) is 9.59 Å². The summed E-state index contributed by atoms with van der Waals surface area (Å²) in [7, 11) is 1.56. The number of aromatic nitrogens is 2. The van der Waals surface area contributed by atoms with Crippen LogP contribution < -0.4 is 20.7 Å². The van der Waals surface area contributed by atoms with Crippen LogP contribution in [0.2, 0.25) is 0 Å². The maximum Gasteiger partial charge on any atom is 0.261 e. The molecule has 0 saturated carbocycles. The highest BCUT2D eigenvalue weighted by atomic mass is 79.9. The van der Waals surface area contributed by atoms with E-state index in [1.807, 2.05) is 31.2 Å². The molecule has 0 saturated heterocycles. The number of nitrogens with zero attached hydrogens (tertiary/aromatic N) is 2. The Morgan fingerprint density at radius 3 is 2.28 bits per heavy atom. The number of hydrogen-bond donors (Lipinski definition) is 3. The number of aryl methyl sites for hydroxylation is 1. The maximum absolute atomic E-state index is 15.3. The summed E-state index contributed by atoms with van der Waals surface area (Å²) in [6.45, 7) is 3.67. The molecule has 0 spiro atoms. The number of carbonyl (C=O) groups excluding carboxylic acids is 2. The third-order valence-corrected chi connectivity index (χ3v) is 6.92. The number of allylic oxidation sites excluding steroid dienone is 1. The summed E-state index contributed by atoms with van der Waals surface area (Å²) in [5.41, 5.74) is 3.43. The van der Waals surface area contributed by atoms with Gasteiger partial charge in [-0.15, -0.1) is 0 Å². The highest BCUT2D eigenvalue weighted by Crippen LogP contribution is 2.39. The molecule has 0 radical (unpaired) electrons. The molecule has 198 valence electrons. The Kier molecular flexibility index (Phi) is 7.21. The van der Waals surface area contributed by atoms with Gasteiger partial charge in [-0.25, -0.2) is 9.07 Å². The standard InChI is InChI=1S/C29H25BrFN5O3/c1-16-4-7-19(8-5-16)34-28(37)23-15-32-36-26(22-14-18(30)6-13-24(22)31)25(17(2)33-27(23)36)29(38)35-20-9-11-21(39-3)12-10-20/h4-15,26,33H,1-3H3,(H,34,37)(H,35,38)/t26-/m1/s1. The van der Waals surface area contributed by atoms with Crippen LogP contribution in [-0.2, 0) is 4.79 Å². The summed E-state index contributed by atoms with van der Waals surface area (Å²) in [5, 5.41) is 13.3. The molecule has 10 heteroatoms. The Morgan fingerprint density at radius 2 is 1.62 bits per heavy atom. The Bertz CT molecular complexity index is 1600. The zero-order chi connectivity index (χ0) is 27.7. The first-order valence-corrected chi connectivity index (χ1v) is 12.9. The van der Waals surface area contributed by atoms with Crippen molar-refractivity contribution in [2.45, 2.75) is 19.9 Å². The normalized spacial score (nSPS) is 14.3. The first kappa shape index (κ1) is 26.2. The summed E-state index contributed by atoms with van der Waals surface area (Å²) in [6.07, 6.45) is 1.41. The maximum atomic E-state index is 15.3. The van der Waals surface area contributed by atoms with Crippen LogP contribution in [-0.4, -0.2) is 28.7 Å². The lowest BCUT2D eigenvalue weighted by atomic mass is 9.94. The SMILES string of the molecule is COc1ccc(NC(=O)C2=C(C)Nc3c(C(=O)Nc4ccc(C)cc4)cnn3[C@@H]2c2cc(Br)ccc2F)cc1. The summed E-state index contributed by atoms with van der Waals surface area (Å²) < 4.78 is 22.6. The average Bonchev–Trinajstić information content (AvgIpc) is 3.34. The first-order valence-electron chi connectivity index (χ1n) is 12.1. The predicted molar refractivity (Wildman–Crippen MR) is 152 cm³/mol. The van der Waals surface area contributed by atoms with Crippen LogP contribution in [0.25, 0.3) is 0 Å². The second kappa shape index (κ2) is 10.7. The van der Waals surface area contributed by atoms with Crippen molar-refractivity contribution in [1.29, 1.82) is 0 Å². The monoisotopic (exact) mass is 589 g/mol. The summed E-state index contributed by atoms with van der Waals surface area (Å²) in [6, 6.07) is 17.9. The molecule has 2 heterocycles. The van der Waals surface area contributed by atoms with Crippen LogP contribution in [0.4, 0.5) is 21.6 Å². The lowest BCUT2D eigenvalue weighted by Crippen LogP contribution is -2.32. The quantitative estimate of drug-likeness (QED) is 0.246. The first-order chi connectivity index (χ1) is 18.7. The van der Waals surface area contributed by atoms with E-state index in [-0.39, 0.29) is 22.6 Å². The molecule has 2 amide bonds. The highest BCUT2D eigenvalue weighted by molar-refractivity contribution is 9.10. The fourth-order valence-electron chi connectivity index (χ4n) is 4.44. The van der Waals surface area contributed by atoms with Gasteiger partial charge in [0, 0.05) is 27.1 Å². The van der Waals surface area contributed by atoms with Crippen molar-refractivity contribution >= 4 is 44.9 Å². The second-order valence-corrected chi connectivity index (χ2v) is 10.0. The lowest BCUT2D eigenvalue weighted by Gasteiger charge is -2.30. The zero-order valence-electron chi connectivity index (χ0n) is 21.4. The molecule has 1 aliphatic rings. The fourth-order valence-corrected chi connectivity index (χ4v) is 4.81. The fraction of sp³-hybridized carbons (Fsp3) is 0.138. The van der Waals surface area contributed by atoms with Gasteiger partial charge in [0.05, 0.1) is 18.9 Å². The van der Waals surface area contributed by atoms with Gasteiger partial charge in [-0.2, -0.15) is 5.10 Å². The average molecular weight is 590 g/mol. The molecule has 3 aromatic carbocycles. The molecule has 1 atom stereocenters. The van der Waals surface area contributed by atoms with E-state index in [0.717, 1.165) is 5.56 Å². The van der Waals surface area contributed by atoms with Crippen molar-refractivity contribution in [2.75, 3.05) is 23.1 Å². The summed E-state index contributed by atoms with van der Waals surface area (Å²) in [5.74, 6) is -0.349. The molecule has 3 N–H and O–H groups in total. The van der Waals surface area contributed by atoms with Crippen molar-refractivity contribution in [3.05, 3.63) is 111 Å². The summed E-state index contributed by atoms with van der Waals surface area (Å²) >= 11 is 3.41. The highest BCUT2D eigenvalue weighted by Gasteiger charge is 2.36. The van der Waals surface area contributed by atoms with E-state index >= 15 is 4.39 Å². The number of fused-ring (bicyclic) bond motifs is 1. The minimum absolute atomic E-state index is 0.222. The number of rotatable bonds is 6. The van der Waals surface area contributed by atoms with E-state index in [0.29, 0.717) is 33.1 Å². The predicted octanol–water partition coefficient (Wildman–Crippen LogP) is 6.28. The molecule has 0 bridgehead atoms. The topological polar surface area (TPSA) is 97.3 Å². The van der Waals surface area contributed by atoms with Crippen LogP contribution in [0.1, 0.15) is 34.5 Å². The van der Waals surface area contributed by atoms with E-state index < -0.39 is 17.8 Å². The Labute approximate surface area is 233 Å². The third kappa shape index (κ3) is 5.28. The third-order valence-electron chi connectivity index (χ3n) is 6.42. The molecule has 39 heavy (non-hydrogen) atoms. The van der Waals surface area contributed by atoms with Gasteiger partial charge in [0.15, 0.2) is 0 Å². The Balaban J connectivity index is 1.55. The van der Waals surface area contributed by atoms with Gasteiger partial charge < -0.3 is 20.7 Å². The molecule has 4 aromatic rings. The van der Waals surface area contributed by atoms with Gasteiger partial charge in [0.2, 0.25) is 0 Å². The van der Waals surface area contributed by atoms with Crippen molar-refractivity contribution in [3.8, 4) is 5.75 Å². The minimum atomic E-state index is -0.946. The second-order valence-electron chi connectivity index (χ2n) is 9.09. The molecule has 1 aromatic heterocycles. The number of benzene rings is 3. The van der Waals surface area contributed by atoms with Gasteiger partial charge in [-0.3, -0.25) is 9.59 Å². The number of nitrogens with one attached hydrogen (secondary N) is 3. The summed E-state index contributed by atoms with van der Waals surface area (Å²) in [4.78, 5) is 26.9. The zero-order valence-corrected chi connectivity index (χ0v) is 23.0. The smallest absolute Gasteiger partial charge is 0.261 e. The van der Waals surface area contributed by atoms with Crippen LogP contribution in [0.15, 0.2) is 88.7 Å². The molecule has 1 aliphatic heterocycles. The van der Waals surface area contributed by atoms with Gasteiger partial charge in [0.25, 0.3) is 11.8 Å². The number of hydrogen-bond acceptors (Lipinski definition) is 5.